The number of ether oxygens (including phenoxy) is 1. The average Bonchev–Trinajstić information content (AvgIpc) is 2.40. The van der Waals surface area contributed by atoms with Gasteiger partial charge < -0.3 is 15.0 Å². The number of morpholine rings is 1. The van der Waals surface area contributed by atoms with Crippen LogP contribution in [0.15, 0.2) is 18.2 Å². The molecule has 1 saturated heterocycles. The number of benzene rings is 1. The minimum atomic E-state index is -0.246. The first-order valence-corrected chi connectivity index (χ1v) is 7.20. The molecule has 2 rings (SSSR count). The molecular weight excluding hydrogens is 252 g/mol. The molecule has 110 valence electrons. The first-order valence-electron chi connectivity index (χ1n) is 7.20. The molecule has 1 aromatic carbocycles. The number of carbonyl (C=O) groups excluding carboxylic acids is 1. The van der Waals surface area contributed by atoms with Gasteiger partial charge >= 0.3 is 0 Å². The van der Waals surface area contributed by atoms with E-state index < -0.39 is 0 Å². The van der Waals surface area contributed by atoms with Crippen molar-refractivity contribution in [3.63, 3.8) is 0 Å². The Hall–Kier alpha value is -1.55. The van der Waals surface area contributed by atoms with Gasteiger partial charge in [-0.3, -0.25) is 4.79 Å². The van der Waals surface area contributed by atoms with Crippen LogP contribution in [0.2, 0.25) is 0 Å². The fourth-order valence-corrected chi connectivity index (χ4v) is 2.58. The van der Waals surface area contributed by atoms with E-state index in [1.165, 1.54) is 0 Å². The fraction of sp³-hybridized carbons (Fsp3) is 0.562. The van der Waals surface area contributed by atoms with Gasteiger partial charge in [-0.25, -0.2) is 0 Å². The van der Waals surface area contributed by atoms with Crippen molar-refractivity contribution in [1.82, 2.24) is 4.90 Å². The summed E-state index contributed by atoms with van der Waals surface area (Å²) in [4.78, 5) is 14.6. The number of hydrogen-bond donors (Lipinski definition) is 1. The molecule has 4 heteroatoms. The number of nitrogens with zero attached hydrogens (tertiary/aromatic N) is 1. The lowest BCUT2D eigenvalue weighted by Gasteiger charge is -2.42. The molecule has 0 atom stereocenters. The van der Waals surface area contributed by atoms with Crippen LogP contribution in [0.3, 0.4) is 0 Å². The Balaban J connectivity index is 2.22. The maximum Gasteiger partial charge on any atom is 0.254 e. The van der Waals surface area contributed by atoms with Crippen molar-refractivity contribution in [2.24, 2.45) is 0 Å². The van der Waals surface area contributed by atoms with Gasteiger partial charge in [0, 0.05) is 24.3 Å². The minimum Gasteiger partial charge on any atom is -0.385 e. The number of amides is 1. The van der Waals surface area contributed by atoms with Gasteiger partial charge in [-0.15, -0.1) is 0 Å². The molecule has 0 spiro atoms. The quantitative estimate of drug-likeness (QED) is 0.923. The van der Waals surface area contributed by atoms with E-state index >= 15 is 0 Å². The second-order valence-electron chi connectivity index (χ2n) is 5.88. The topological polar surface area (TPSA) is 41.6 Å². The zero-order valence-corrected chi connectivity index (χ0v) is 12.8. The van der Waals surface area contributed by atoms with Crippen LogP contribution >= 0.6 is 0 Å². The Bertz CT molecular complexity index is 497. The maximum atomic E-state index is 12.7. The lowest BCUT2D eigenvalue weighted by Crippen LogP contribution is -2.55. The van der Waals surface area contributed by atoms with E-state index in [2.05, 4.69) is 12.2 Å². The molecule has 0 aromatic heterocycles. The van der Waals surface area contributed by atoms with Crippen molar-refractivity contribution in [1.29, 1.82) is 0 Å². The Morgan fingerprint density at radius 3 is 2.80 bits per heavy atom. The maximum absolute atomic E-state index is 12.7. The summed E-state index contributed by atoms with van der Waals surface area (Å²) in [6.45, 7) is 10.9. The lowest BCUT2D eigenvalue weighted by atomic mass is 10.00. The van der Waals surface area contributed by atoms with E-state index in [0.29, 0.717) is 19.8 Å². The molecule has 1 amide bonds. The van der Waals surface area contributed by atoms with Crippen molar-refractivity contribution < 1.29 is 9.53 Å². The third kappa shape index (κ3) is 2.96. The van der Waals surface area contributed by atoms with E-state index in [9.17, 15) is 4.79 Å². The van der Waals surface area contributed by atoms with Crippen LogP contribution in [-0.4, -0.2) is 42.6 Å². The highest BCUT2D eigenvalue weighted by molar-refractivity contribution is 5.95. The Labute approximate surface area is 121 Å². The highest BCUT2D eigenvalue weighted by atomic mass is 16.5. The molecule has 0 unspecified atom stereocenters. The smallest absolute Gasteiger partial charge is 0.254 e. The molecule has 0 saturated carbocycles. The molecule has 0 aliphatic carbocycles. The van der Waals surface area contributed by atoms with Crippen molar-refractivity contribution in [2.45, 2.75) is 33.2 Å². The lowest BCUT2D eigenvalue weighted by molar-refractivity contribution is -0.0370. The predicted octanol–water partition coefficient (Wildman–Crippen LogP) is 2.68. The van der Waals surface area contributed by atoms with Gasteiger partial charge in [0.25, 0.3) is 5.91 Å². The summed E-state index contributed by atoms with van der Waals surface area (Å²) >= 11 is 0. The molecule has 1 aromatic rings. The normalized spacial score (nSPS) is 17.9. The summed E-state index contributed by atoms with van der Waals surface area (Å²) in [7, 11) is 0. The Morgan fingerprint density at radius 2 is 2.20 bits per heavy atom. The number of carbonyl (C=O) groups is 1. The van der Waals surface area contributed by atoms with Gasteiger partial charge in [-0.1, -0.05) is 0 Å². The molecule has 20 heavy (non-hydrogen) atoms. The molecule has 0 radical (unpaired) electrons. The molecule has 1 N–H and O–H groups in total. The fourth-order valence-electron chi connectivity index (χ4n) is 2.58. The van der Waals surface area contributed by atoms with E-state index in [1.54, 1.807) is 0 Å². The summed E-state index contributed by atoms with van der Waals surface area (Å²) in [5, 5.41) is 3.29. The number of nitrogens with one attached hydrogen (secondary N) is 1. The zero-order chi connectivity index (χ0) is 14.8. The van der Waals surface area contributed by atoms with Gasteiger partial charge in [0.2, 0.25) is 0 Å². The molecule has 4 nitrogen and oxygen atoms in total. The minimum absolute atomic E-state index is 0.0875. The number of rotatable bonds is 3. The SMILES string of the molecule is CCNc1ccc(C(=O)N2CCOCC2(C)C)cc1C. The molecule has 1 heterocycles. The summed E-state index contributed by atoms with van der Waals surface area (Å²) in [5.41, 5.74) is 2.69. The Morgan fingerprint density at radius 1 is 1.45 bits per heavy atom. The standard InChI is InChI=1S/C16H24N2O2/c1-5-17-14-7-6-13(10-12(14)2)15(19)18-8-9-20-11-16(18,3)4/h6-7,10,17H,5,8-9,11H2,1-4H3. The molecule has 0 bridgehead atoms. The summed E-state index contributed by atoms with van der Waals surface area (Å²) in [6.07, 6.45) is 0. The monoisotopic (exact) mass is 276 g/mol. The van der Waals surface area contributed by atoms with Gasteiger partial charge in [-0.2, -0.15) is 0 Å². The second-order valence-corrected chi connectivity index (χ2v) is 5.88. The molecular formula is C16H24N2O2. The van der Waals surface area contributed by atoms with Crippen molar-refractivity contribution in [3.05, 3.63) is 29.3 Å². The third-order valence-electron chi connectivity index (χ3n) is 3.73. The highest BCUT2D eigenvalue weighted by Crippen LogP contribution is 2.23. The molecule has 1 fully saturated rings. The number of aryl methyl sites for hydroxylation is 1. The largest absolute Gasteiger partial charge is 0.385 e. The molecule has 1 aliphatic rings. The second kappa shape index (κ2) is 5.83. The first-order chi connectivity index (χ1) is 9.45. The third-order valence-corrected chi connectivity index (χ3v) is 3.73. The number of hydrogen-bond acceptors (Lipinski definition) is 3. The van der Waals surface area contributed by atoms with Crippen LogP contribution in [-0.2, 0) is 4.74 Å². The van der Waals surface area contributed by atoms with Crippen molar-refractivity contribution in [3.8, 4) is 0 Å². The highest BCUT2D eigenvalue weighted by Gasteiger charge is 2.34. The van der Waals surface area contributed by atoms with Crippen LogP contribution < -0.4 is 5.32 Å². The van der Waals surface area contributed by atoms with Gasteiger partial charge in [0.1, 0.15) is 0 Å². The summed E-state index contributed by atoms with van der Waals surface area (Å²) in [5.74, 6) is 0.0875. The molecule has 1 aliphatic heterocycles. The van der Waals surface area contributed by atoms with Gasteiger partial charge in [0.15, 0.2) is 0 Å². The first kappa shape index (κ1) is 14.9. The van der Waals surface area contributed by atoms with Crippen LogP contribution in [0.4, 0.5) is 5.69 Å². The van der Waals surface area contributed by atoms with Crippen molar-refractivity contribution in [2.75, 3.05) is 31.6 Å². The number of anilines is 1. The summed E-state index contributed by atoms with van der Waals surface area (Å²) in [6, 6.07) is 5.85. The zero-order valence-electron chi connectivity index (χ0n) is 12.8. The van der Waals surface area contributed by atoms with Gasteiger partial charge in [0.05, 0.1) is 18.8 Å². The Kier molecular flexibility index (Phi) is 4.33. The van der Waals surface area contributed by atoms with E-state index in [0.717, 1.165) is 23.4 Å². The van der Waals surface area contributed by atoms with Crippen LogP contribution in [0.1, 0.15) is 36.7 Å². The predicted molar refractivity (Wildman–Crippen MR) is 81.3 cm³/mol. The van der Waals surface area contributed by atoms with Crippen LogP contribution in [0.5, 0.6) is 0 Å². The van der Waals surface area contributed by atoms with Crippen LogP contribution in [0, 0.1) is 6.92 Å². The van der Waals surface area contributed by atoms with Crippen molar-refractivity contribution >= 4 is 11.6 Å². The van der Waals surface area contributed by atoms with Crippen LogP contribution in [0.25, 0.3) is 0 Å². The average molecular weight is 276 g/mol. The summed E-state index contributed by atoms with van der Waals surface area (Å²) < 4.78 is 5.47. The van der Waals surface area contributed by atoms with Gasteiger partial charge in [-0.05, 0) is 51.5 Å². The van der Waals surface area contributed by atoms with E-state index in [4.69, 9.17) is 4.74 Å². The van der Waals surface area contributed by atoms with E-state index in [-0.39, 0.29) is 11.4 Å². The van der Waals surface area contributed by atoms with E-state index in [1.807, 2.05) is 43.9 Å².